The lowest BCUT2D eigenvalue weighted by molar-refractivity contribution is 0.466. The molecule has 2 aromatic heterocycles. The van der Waals surface area contributed by atoms with E-state index in [-0.39, 0.29) is 5.63 Å². The van der Waals surface area contributed by atoms with Crippen molar-refractivity contribution >= 4 is 10.8 Å². The maximum absolute atomic E-state index is 12.1. The van der Waals surface area contributed by atoms with Crippen LogP contribution in [0.5, 0.6) is 0 Å². The molecule has 100 valence electrons. The predicted octanol–water partition coefficient (Wildman–Crippen LogP) is 3.20. The Bertz CT molecular complexity index is 794. The van der Waals surface area contributed by atoms with Gasteiger partial charge < -0.3 is 4.42 Å². The Morgan fingerprint density at radius 1 is 1.10 bits per heavy atom. The van der Waals surface area contributed by atoms with Crippen molar-refractivity contribution in [1.29, 1.82) is 0 Å². The average molecular weight is 266 g/mol. The monoisotopic (exact) mass is 266 g/mol. The Hall–Kier alpha value is -2.49. The van der Waals surface area contributed by atoms with Gasteiger partial charge in [0.25, 0.3) is 0 Å². The molecule has 0 unspecified atom stereocenters. The van der Waals surface area contributed by atoms with Crippen LogP contribution in [0, 0.1) is 0 Å². The highest BCUT2D eigenvalue weighted by Crippen LogP contribution is 2.30. The summed E-state index contributed by atoms with van der Waals surface area (Å²) in [4.78, 5) is 20.2. The second-order valence-electron chi connectivity index (χ2n) is 4.61. The van der Waals surface area contributed by atoms with Gasteiger partial charge in [-0.25, -0.2) is 14.8 Å². The first kappa shape index (κ1) is 12.5. The fourth-order valence-corrected chi connectivity index (χ4v) is 2.40. The van der Waals surface area contributed by atoms with Crippen LogP contribution in [0.3, 0.4) is 0 Å². The summed E-state index contributed by atoms with van der Waals surface area (Å²) in [6, 6.07) is 7.48. The van der Waals surface area contributed by atoms with Crippen LogP contribution < -0.4 is 5.63 Å². The molecular formula is C16H14N2O2. The van der Waals surface area contributed by atoms with E-state index in [4.69, 9.17) is 4.42 Å². The maximum Gasteiger partial charge on any atom is 0.343 e. The molecule has 3 aromatic rings. The summed E-state index contributed by atoms with van der Waals surface area (Å²) < 4.78 is 5.51. The van der Waals surface area contributed by atoms with Gasteiger partial charge in [0.15, 0.2) is 0 Å². The van der Waals surface area contributed by atoms with Crippen molar-refractivity contribution in [2.24, 2.45) is 0 Å². The Morgan fingerprint density at radius 2 is 1.80 bits per heavy atom. The van der Waals surface area contributed by atoms with E-state index in [1.165, 1.54) is 6.33 Å². The Kier molecular flexibility index (Phi) is 3.29. The van der Waals surface area contributed by atoms with Crippen molar-refractivity contribution < 1.29 is 4.42 Å². The van der Waals surface area contributed by atoms with Crippen LogP contribution >= 0.6 is 0 Å². The molecule has 0 N–H and O–H groups in total. The second-order valence-corrected chi connectivity index (χ2v) is 4.61. The summed E-state index contributed by atoms with van der Waals surface area (Å²) in [6.45, 7) is 2.06. The third-order valence-corrected chi connectivity index (χ3v) is 3.24. The highest BCUT2D eigenvalue weighted by atomic mass is 16.4. The molecule has 3 rings (SSSR count). The largest absolute Gasteiger partial charge is 0.427 e. The van der Waals surface area contributed by atoms with E-state index in [1.54, 1.807) is 18.5 Å². The smallest absolute Gasteiger partial charge is 0.343 e. The normalized spacial score (nSPS) is 10.8. The van der Waals surface area contributed by atoms with E-state index >= 15 is 0 Å². The van der Waals surface area contributed by atoms with Crippen LogP contribution in [0.2, 0.25) is 0 Å². The number of benzene rings is 1. The summed E-state index contributed by atoms with van der Waals surface area (Å²) >= 11 is 0. The first-order valence-corrected chi connectivity index (χ1v) is 6.61. The van der Waals surface area contributed by atoms with E-state index in [0.29, 0.717) is 17.6 Å². The minimum atomic E-state index is -0.287. The standard InChI is InChI=1S/C16H14N2O2/c1-2-5-14-15(11-8-17-10-18-9-11)12-6-3-4-7-13(12)16(19)20-14/h3-4,6-10H,2,5H2,1H3. The third kappa shape index (κ3) is 2.09. The van der Waals surface area contributed by atoms with Crippen molar-refractivity contribution in [3.8, 4) is 11.1 Å². The molecule has 0 aliphatic rings. The number of rotatable bonds is 3. The van der Waals surface area contributed by atoms with Crippen molar-refractivity contribution in [1.82, 2.24) is 9.97 Å². The molecule has 0 fully saturated rings. The summed E-state index contributed by atoms with van der Waals surface area (Å²) in [5.74, 6) is 0.700. The van der Waals surface area contributed by atoms with Gasteiger partial charge in [-0.1, -0.05) is 25.1 Å². The summed E-state index contributed by atoms with van der Waals surface area (Å²) in [7, 11) is 0. The molecule has 0 spiro atoms. The van der Waals surface area contributed by atoms with Gasteiger partial charge in [-0.15, -0.1) is 0 Å². The van der Waals surface area contributed by atoms with Crippen LogP contribution in [-0.4, -0.2) is 9.97 Å². The van der Waals surface area contributed by atoms with Crippen molar-refractivity contribution in [3.63, 3.8) is 0 Å². The fraction of sp³-hybridized carbons (Fsp3) is 0.188. The van der Waals surface area contributed by atoms with Gasteiger partial charge in [-0.2, -0.15) is 0 Å². The molecule has 0 aliphatic heterocycles. The van der Waals surface area contributed by atoms with E-state index < -0.39 is 0 Å². The molecule has 0 bridgehead atoms. The van der Waals surface area contributed by atoms with Crippen LogP contribution in [0.25, 0.3) is 21.9 Å². The molecule has 0 saturated carbocycles. The Balaban J connectivity index is 2.40. The van der Waals surface area contributed by atoms with Crippen LogP contribution in [0.15, 0.2) is 52.2 Å². The second kappa shape index (κ2) is 5.25. The van der Waals surface area contributed by atoms with Gasteiger partial charge in [0.05, 0.1) is 5.39 Å². The van der Waals surface area contributed by atoms with Gasteiger partial charge in [0.1, 0.15) is 12.1 Å². The number of hydrogen-bond acceptors (Lipinski definition) is 4. The minimum absolute atomic E-state index is 0.287. The zero-order valence-corrected chi connectivity index (χ0v) is 11.2. The van der Waals surface area contributed by atoms with Gasteiger partial charge >= 0.3 is 5.63 Å². The fourth-order valence-electron chi connectivity index (χ4n) is 2.40. The number of aryl methyl sites for hydroxylation is 1. The molecular weight excluding hydrogens is 252 g/mol. The van der Waals surface area contributed by atoms with Crippen LogP contribution in [-0.2, 0) is 6.42 Å². The van der Waals surface area contributed by atoms with E-state index in [9.17, 15) is 4.79 Å². The highest BCUT2D eigenvalue weighted by molar-refractivity contribution is 5.96. The number of fused-ring (bicyclic) bond motifs is 1. The zero-order chi connectivity index (χ0) is 13.9. The maximum atomic E-state index is 12.1. The van der Waals surface area contributed by atoms with Gasteiger partial charge in [-0.3, -0.25) is 0 Å². The molecule has 0 aliphatic carbocycles. The molecule has 0 amide bonds. The van der Waals surface area contributed by atoms with Gasteiger partial charge in [-0.05, 0) is 12.5 Å². The first-order valence-electron chi connectivity index (χ1n) is 6.61. The van der Waals surface area contributed by atoms with Crippen molar-refractivity contribution in [2.45, 2.75) is 19.8 Å². The van der Waals surface area contributed by atoms with Crippen molar-refractivity contribution in [3.05, 3.63) is 59.2 Å². The van der Waals surface area contributed by atoms with Crippen LogP contribution in [0.1, 0.15) is 19.1 Å². The number of nitrogens with zero attached hydrogens (tertiary/aromatic N) is 2. The topological polar surface area (TPSA) is 56.0 Å². The zero-order valence-electron chi connectivity index (χ0n) is 11.2. The molecule has 20 heavy (non-hydrogen) atoms. The molecule has 2 heterocycles. The third-order valence-electron chi connectivity index (χ3n) is 3.24. The van der Waals surface area contributed by atoms with Gasteiger partial charge in [0.2, 0.25) is 0 Å². The summed E-state index contributed by atoms with van der Waals surface area (Å²) in [6.07, 6.45) is 6.60. The molecule has 0 atom stereocenters. The van der Waals surface area contributed by atoms with Crippen LogP contribution in [0.4, 0.5) is 0 Å². The number of aromatic nitrogens is 2. The van der Waals surface area contributed by atoms with E-state index in [1.807, 2.05) is 18.2 Å². The minimum Gasteiger partial charge on any atom is -0.427 e. The molecule has 4 nitrogen and oxygen atoms in total. The lowest BCUT2D eigenvalue weighted by Gasteiger charge is -2.10. The molecule has 4 heteroatoms. The molecule has 0 radical (unpaired) electrons. The Labute approximate surface area is 116 Å². The average Bonchev–Trinajstić information content (AvgIpc) is 2.49. The van der Waals surface area contributed by atoms with Gasteiger partial charge in [0, 0.05) is 35.3 Å². The summed E-state index contributed by atoms with van der Waals surface area (Å²) in [5.41, 5.74) is 1.50. The van der Waals surface area contributed by atoms with E-state index in [2.05, 4.69) is 16.9 Å². The quantitative estimate of drug-likeness (QED) is 0.730. The first-order chi connectivity index (χ1) is 9.81. The number of hydrogen-bond donors (Lipinski definition) is 0. The SMILES string of the molecule is CCCc1oc(=O)c2ccccc2c1-c1cncnc1. The lowest BCUT2D eigenvalue weighted by Crippen LogP contribution is -2.05. The summed E-state index contributed by atoms with van der Waals surface area (Å²) in [5, 5.41) is 1.48. The van der Waals surface area contributed by atoms with Crippen molar-refractivity contribution in [2.75, 3.05) is 0 Å². The Morgan fingerprint density at radius 3 is 2.50 bits per heavy atom. The highest BCUT2D eigenvalue weighted by Gasteiger charge is 2.14. The molecule has 1 aromatic carbocycles. The molecule has 0 saturated heterocycles. The lowest BCUT2D eigenvalue weighted by atomic mass is 9.99. The van der Waals surface area contributed by atoms with E-state index in [0.717, 1.165) is 22.9 Å². The predicted molar refractivity (Wildman–Crippen MR) is 77.5 cm³/mol.